The average molecular weight is 228 g/mol. The number of rotatable bonds is 5. The highest BCUT2D eigenvalue weighted by molar-refractivity contribution is 5.80. The Morgan fingerprint density at radius 2 is 2.31 bits per heavy atom. The van der Waals surface area contributed by atoms with Crippen LogP contribution < -0.4 is 5.32 Å². The third kappa shape index (κ3) is 4.10. The SMILES string of the molecule is COC(C)C(=O)N(C)CCC1CCCCN1. The summed E-state index contributed by atoms with van der Waals surface area (Å²) in [5, 5.41) is 3.49. The minimum Gasteiger partial charge on any atom is -0.372 e. The largest absolute Gasteiger partial charge is 0.372 e. The number of nitrogens with zero attached hydrogens (tertiary/aromatic N) is 1. The van der Waals surface area contributed by atoms with Gasteiger partial charge in [-0.25, -0.2) is 0 Å². The van der Waals surface area contributed by atoms with Gasteiger partial charge in [-0.15, -0.1) is 0 Å². The van der Waals surface area contributed by atoms with Crippen molar-refractivity contribution in [1.29, 1.82) is 0 Å². The second kappa shape index (κ2) is 6.86. The number of methoxy groups -OCH3 is 1. The number of carbonyl (C=O) groups is 1. The van der Waals surface area contributed by atoms with Crippen LogP contribution in [0.2, 0.25) is 0 Å². The summed E-state index contributed by atoms with van der Waals surface area (Å²) in [7, 11) is 3.42. The fourth-order valence-corrected chi connectivity index (χ4v) is 2.04. The first-order valence-electron chi connectivity index (χ1n) is 6.16. The summed E-state index contributed by atoms with van der Waals surface area (Å²) >= 11 is 0. The number of nitrogens with one attached hydrogen (secondary N) is 1. The summed E-state index contributed by atoms with van der Waals surface area (Å²) in [5.41, 5.74) is 0. The van der Waals surface area contributed by atoms with E-state index in [1.54, 1.807) is 18.9 Å². The van der Waals surface area contributed by atoms with Crippen LogP contribution in [0.5, 0.6) is 0 Å². The molecule has 0 spiro atoms. The molecule has 0 saturated carbocycles. The van der Waals surface area contributed by atoms with E-state index in [9.17, 15) is 4.79 Å². The number of piperidine rings is 1. The summed E-state index contributed by atoms with van der Waals surface area (Å²) in [6.07, 6.45) is 4.54. The van der Waals surface area contributed by atoms with Crippen molar-refractivity contribution in [2.45, 2.75) is 44.8 Å². The van der Waals surface area contributed by atoms with Gasteiger partial charge in [0.1, 0.15) is 6.10 Å². The zero-order chi connectivity index (χ0) is 12.0. The topological polar surface area (TPSA) is 41.6 Å². The fourth-order valence-electron chi connectivity index (χ4n) is 2.04. The summed E-state index contributed by atoms with van der Waals surface area (Å²) < 4.78 is 5.02. The Hall–Kier alpha value is -0.610. The van der Waals surface area contributed by atoms with E-state index in [0.29, 0.717) is 6.04 Å². The molecule has 1 heterocycles. The molecule has 0 bridgehead atoms. The zero-order valence-electron chi connectivity index (χ0n) is 10.7. The predicted octanol–water partition coefficient (Wildman–Crippen LogP) is 1.01. The second-order valence-electron chi connectivity index (χ2n) is 4.57. The van der Waals surface area contributed by atoms with Gasteiger partial charge in [-0.3, -0.25) is 4.79 Å². The number of hydrogen-bond acceptors (Lipinski definition) is 3. The molecule has 0 radical (unpaired) electrons. The molecule has 94 valence electrons. The molecule has 0 aromatic heterocycles. The Kier molecular flexibility index (Phi) is 5.77. The molecule has 1 aliphatic heterocycles. The molecule has 0 aromatic rings. The molecule has 4 heteroatoms. The van der Waals surface area contributed by atoms with Crippen LogP contribution in [0.1, 0.15) is 32.6 Å². The lowest BCUT2D eigenvalue weighted by atomic mass is 10.0. The van der Waals surface area contributed by atoms with Gasteiger partial charge in [0, 0.05) is 26.7 Å². The van der Waals surface area contributed by atoms with Gasteiger partial charge < -0.3 is 15.0 Å². The van der Waals surface area contributed by atoms with Crippen LogP contribution in [0, 0.1) is 0 Å². The Bertz CT molecular complexity index is 215. The smallest absolute Gasteiger partial charge is 0.251 e. The standard InChI is InChI=1S/C12H24N2O2/c1-10(16-3)12(15)14(2)9-7-11-6-4-5-8-13-11/h10-11,13H,4-9H2,1-3H3. The van der Waals surface area contributed by atoms with Gasteiger partial charge in [0.15, 0.2) is 0 Å². The van der Waals surface area contributed by atoms with Gasteiger partial charge in [-0.05, 0) is 32.7 Å². The maximum atomic E-state index is 11.7. The molecule has 1 amide bonds. The maximum absolute atomic E-state index is 11.7. The van der Waals surface area contributed by atoms with E-state index < -0.39 is 0 Å². The normalized spacial score (nSPS) is 22.8. The van der Waals surface area contributed by atoms with E-state index in [2.05, 4.69) is 5.32 Å². The fraction of sp³-hybridized carbons (Fsp3) is 0.917. The van der Waals surface area contributed by atoms with Crippen molar-refractivity contribution in [3.63, 3.8) is 0 Å². The molecule has 0 aliphatic carbocycles. The van der Waals surface area contributed by atoms with E-state index in [1.807, 2.05) is 7.05 Å². The number of likely N-dealkylation sites (N-methyl/N-ethyl adjacent to an activating group) is 1. The zero-order valence-corrected chi connectivity index (χ0v) is 10.7. The molecule has 2 unspecified atom stereocenters. The van der Waals surface area contributed by atoms with Crippen LogP contribution in [0.15, 0.2) is 0 Å². The summed E-state index contributed by atoms with van der Waals surface area (Å²) in [4.78, 5) is 13.5. The van der Waals surface area contributed by atoms with Crippen LogP contribution in [0.4, 0.5) is 0 Å². The van der Waals surface area contributed by atoms with E-state index in [-0.39, 0.29) is 12.0 Å². The van der Waals surface area contributed by atoms with E-state index in [0.717, 1.165) is 19.5 Å². The third-order valence-corrected chi connectivity index (χ3v) is 3.30. The Balaban J connectivity index is 2.22. The highest BCUT2D eigenvalue weighted by Gasteiger charge is 2.18. The molecule has 1 rings (SSSR count). The minimum atomic E-state index is -0.329. The average Bonchev–Trinajstić information content (AvgIpc) is 2.35. The number of ether oxygens (including phenoxy) is 1. The van der Waals surface area contributed by atoms with E-state index >= 15 is 0 Å². The first-order valence-corrected chi connectivity index (χ1v) is 6.16. The maximum Gasteiger partial charge on any atom is 0.251 e. The molecular weight excluding hydrogens is 204 g/mol. The lowest BCUT2D eigenvalue weighted by Gasteiger charge is -2.26. The van der Waals surface area contributed by atoms with Crippen molar-refractivity contribution in [1.82, 2.24) is 10.2 Å². The highest BCUT2D eigenvalue weighted by Crippen LogP contribution is 2.10. The monoisotopic (exact) mass is 228 g/mol. The lowest BCUT2D eigenvalue weighted by molar-refractivity contribution is -0.139. The third-order valence-electron chi connectivity index (χ3n) is 3.30. The van der Waals surface area contributed by atoms with Gasteiger partial charge in [0.25, 0.3) is 5.91 Å². The molecule has 1 aliphatic rings. The minimum absolute atomic E-state index is 0.0679. The van der Waals surface area contributed by atoms with Crippen LogP contribution in [0.3, 0.4) is 0 Å². The van der Waals surface area contributed by atoms with Crippen molar-refractivity contribution in [3.8, 4) is 0 Å². The molecule has 1 saturated heterocycles. The van der Waals surface area contributed by atoms with E-state index in [4.69, 9.17) is 4.74 Å². The number of hydrogen-bond donors (Lipinski definition) is 1. The number of amides is 1. The molecule has 0 aromatic carbocycles. The summed E-state index contributed by atoms with van der Waals surface area (Å²) in [6.45, 7) is 3.72. The molecular formula is C12H24N2O2. The Morgan fingerprint density at radius 1 is 1.56 bits per heavy atom. The summed E-state index contributed by atoms with van der Waals surface area (Å²) in [5.74, 6) is 0.0679. The van der Waals surface area contributed by atoms with Crippen LogP contribution in [-0.4, -0.2) is 50.2 Å². The predicted molar refractivity (Wildman–Crippen MR) is 64.4 cm³/mol. The molecule has 16 heavy (non-hydrogen) atoms. The van der Waals surface area contributed by atoms with Gasteiger partial charge in [0.2, 0.25) is 0 Å². The molecule has 1 fully saturated rings. The first-order chi connectivity index (χ1) is 7.65. The van der Waals surface area contributed by atoms with Crippen molar-refractivity contribution < 1.29 is 9.53 Å². The molecule has 1 N–H and O–H groups in total. The Labute approximate surface area is 98.3 Å². The quantitative estimate of drug-likeness (QED) is 0.763. The van der Waals surface area contributed by atoms with Crippen LogP contribution in [0.25, 0.3) is 0 Å². The van der Waals surface area contributed by atoms with E-state index in [1.165, 1.54) is 19.3 Å². The highest BCUT2D eigenvalue weighted by atomic mass is 16.5. The molecule has 4 nitrogen and oxygen atoms in total. The Morgan fingerprint density at radius 3 is 2.88 bits per heavy atom. The van der Waals surface area contributed by atoms with Gasteiger partial charge in [-0.2, -0.15) is 0 Å². The van der Waals surface area contributed by atoms with Gasteiger partial charge >= 0.3 is 0 Å². The second-order valence-corrected chi connectivity index (χ2v) is 4.57. The van der Waals surface area contributed by atoms with Gasteiger partial charge in [-0.1, -0.05) is 6.42 Å². The van der Waals surface area contributed by atoms with Crippen molar-refractivity contribution >= 4 is 5.91 Å². The van der Waals surface area contributed by atoms with Crippen molar-refractivity contribution in [2.24, 2.45) is 0 Å². The number of carbonyl (C=O) groups excluding carboxylic acids is 1. The van der Waals surface area contributed by atoms with Crippen LogP contribution in [-0.2, 0) is 9.53 Å². The first kappa shape index (κ1) is 13.5. The van der Waals surface area contributed by atoms with Crippen molar-refractivity contribution in [2.75, 3.05) is 27.2 Å². The lowest BCUT2D eigenvalue weighted by Crippen LogP contribution is -2.40. The molecule has 2 atom stereocenters. The van der Waals surface area contributed by atoms with Crippen molar-refractivity contribution in [3.05, 3.63) is 0 Å². The van der Waals surface area contributed by atoms with Crippen LogP contribution >= 0.6 is 0 Å². The van der Waals surface area contributed by atoms with Gasteiger partial charge in [0.05, 0.1) is 0 Å². The summed E-state index contributed by atoms with van der Waals surface area (Å²) in [6, 6.07) is 0.585.